The summed E-state index contributed by atoms with van der Waals surface area (Å²) in [5.41, 5.74) is 3.09. The van der Waals surface area contributed by atoms with Gasteiger partial charge in [-0.15, -0.1) is 0 Å². The van der Waals surface area contributed by atoms with Crippen molar-refractivity contribution in [1.82, 2.24) is 24.9 Å². The molecule has 2 N–H and O–H groups in total. The van der Waals surface area contributed by atoms with Crippen LogP contribution in [0.5, 0.6) is 0 Å². The zero-order valence-electron chi connectivity index (χ0n) is 13.8. The van der Waals surface area contributed by atoms with Crippen LogP contribution >= 0.6 is 0 Å². The van der Waals surface area contributed by atoms with Crippen LogP contribution in [0.3, 0.4) is 0 Å². The predicted octanol–water partition coefficient (Wildman–Crippen LogP) is 2.18. The molecule has 3 rings (SSSR count). The van der Waals surface area contributed by atoms with E-state index in [9.17, 15) is 4.79 Å². The molecule has 0 bridgehead atoms. The minimum Gasteiger partial charge on any atom is -0.364 e. The second-order valence-corrected chi connectivity index (χ2v) is 5.52. The first-order chi connectivity index (χ1) is 11.7. The molecule has 24 heavy (non-hydrogen) atoms. The number of nitrogens with one attached hydrogen (secondary N) is 2. The Kier molecular flexibility index (Phi) is 4.69. The molecular formula is C17H20N6O. The van der Waals surface area contributed by atoms with Gasteiger partial charge in [0.05, 0.1) is 18.4 Å². The molecule has 0 saturated heterocycles. The van der Waals surface area contributed by atoms with Gasteiger partial charge in [0.15, 0.2) is 5.65 Å². The van der Waals surface area contributed by atoms with E-state index >= 15 is 0 Å². The number of rotatable bonds is 6. The molecular weight excluding hydrogens is 304 g/mol. The molecule has 1 amide bonds. The second-order valence-electron chi connectivity index (χ2n) is 5.52. The molecule has 0 aromatic carbocycles. The number of nitrogens with zero attached hydrogens (tertiary/aromatic N) is 4. The zero-order chi connectivity index (χ0) is 16.9. The molecule has 3 aromatic rings. The van der Waals surface area contributed by atoms with Crippen molar-refractivity contribution in [1.29, 1.82) is 0 Å². The first-order valence-electron chi connectivity index (χ1n) is 7.96. The molecule has 0 aliphatic rings. The van der Waals surface area contributed by atoms with Crippen LogP contribution in [0.2, 0.25) is 0 Å². The first-order valence-corrected chi connectivity index (χ1v) is 7.96. The third-order valence-electron chi connectivity index (χ3n) is 3.70. The molecule has 0 atom stereocenters. The molecule has 0 unspecified atom stereocenters. The topological polar surface area (TPSA) is 84.2 Å². The van der Waals surface area contributed by atoms with Crippen LogP contribution in [-0.2, 0) is 6.54 Å². The van der Waals surface area contributed by atoms with E-state index in [0.717, 1.165) is 17.7 Å². The smallest absolute Gasteiger partial charge is 0.256 e. The lowest BCUT2D eigenvalue weighted by Crippen LogP contribution is -2.24. The molecule has 7 heteroatoms. The highest BCUT2D eigenvalue weighted by molar-refractivity contribution is 5.99. The van der Waals surface area contributed by atoms with Gasteiger partial charge in [-0.3, -0.25) is 9.78 Å². The fourth-order valence-corrected chi connectivity index (χ4v) is 2.34. The maximum atomic E-state index is 12.2. The Morgan fingerprint density at radius 1 is 1.33 bits per heavy atom. The Bertz CT molecular complexity index is 857. The lowest BCUT2D eigenvalue weighted by atomic mass is 10.2. The molecule has 3 heterocycles. The third-order valence-corrected chi connectivity index (χ3v) is 3.70. The predicted molar refractivity (Wildman–Crippen MR) is 91.9 cm³/mol. The summed E-state index contributed by atoms with van der Waals surface area (Å²) in [4.78, 5) is 21.0. The van der Waals surface area contributed by atoms with E-state index in [0.29, 0.717) is 30.1 Å². The SMILES string of the molecule is CCCNC(=O)c1cnn2ccc(NCc3ncccc3C)nc12. The van der Waals surface area contributed by atoms with Crippen molar-refractivity contribution in [3.63, 3.8) is 0 Å². The summed E-state index contributed by atoms with van der Waals surface area (Å²) in [6, 6.07) is 5.76. The minimum atomic E-state index is -0.155. The molecule has 124 valence electrons. The van der Waals surface area contributed by atoms with E-state index in [-0.39, 0.29) is 5.91 Å². The van der Waals surface area contributed by atoms with Crippen molar-refractivity contribution >= 4 is 17.4 Å². The van der Waals surface area contributed by atoms with Crippen LogP contribution in [0, 0.1) is 6.92 Å². The average molecular weight is 324 g/mol. The largest absolute Gasteiger partial charge is 0.364 e. The first kappa shape index (κ1) is 15.9. The monoisotopic (exact) mass is 324 g/mol. The fourth-order valence-electron chi connectivity index (χ4n) is 2.34. The van der Waals surface area contributed by atoms with Gasteiger partial charge in [0.2, 0.25) is 0 Å². The number of hydrogen-bond acceptors (Lipinski definition) is 5. The molecule has 0 saturated carbocycles. The van der Waals surface area contributed by atoms with Crippen LogP contribution in [-0.4, -0.2) is 32.0 Å². The summed E-state index contributed by atoms with van der Waals surface area (Å²) in [5.74, 6) is 0.523. The van der Waals surface area contributed by atoms with Crippen molar-refractivity contribution in [2.24, 2.45) is 0 Å². The Balaban J connectivity index is 1.80. The molecule has 0 spiro atoms. The van der Waals surface area contributed by atoms with Crippen molar-refractivity contribution in [2.75, 3.05) is 11.9 Å². The van der Waals surface area contributed by atoms with Crippen molar-refractivity contribution in [2.45, 2.75) is 26.8 Å². The van der Waals surface area contributed by atoms with E-state index in [2.05, 4.69) is 25.7 Å². The van der Waals surface area contributed by atoms with Gasteiger partial charge in [0, 0.05) is 18.9 Å². The lowest BCUT2D eigenvalue weighted by molar-refractivity contribution is 0.0955. The molecule has 3 aromatic heterocycles. The van der Waals surface area contributed by atoms with Gasteiger partial charge in [-0.1, -0.05) is 13.0 Å². The molecule has 0 aliphatic heterocycles. The highest BCUT2D eigenvalue weighted by Crippen LogP contribution is 2.13. The quantitative estimate of drug-likeness (QED) is 0.726. The summed E-state index contributed by atoms with van der Waals surface area (Å²) in [6.07, 6.45) is 5.98. The highest BCUT2D eigenvalue weighted by Gasteiger charge is 2.14. The van der Waals surface area contributed by atoms with Gasteiger partial charge >= 0.3 is 0 Å². The van der Waals surface area contributed by atoms with E-state index in [4.69, 9.17) is 0 Å². The van der Waals surface area contributed by atoms with Gasteiger partial charge in [-0.05, 0) is 31.0 Å². The number of amides is 1. The summed E-state index contributed by atoms with van der Waals surface area (Å²) >= 11 is 0. The second kappa shape index (κ2) is 7.08. The summed E-state index contributed by atoms with van der Waals surface area (Å²) in [5, 5.41) is 10.3. The standard InChI is InChI=1S/C17H20N6O/c1-3-7-19-17(24)13-10-21-23-9-6-15(22-16(13)23)20-11-14-12(2)5-4-8-18-14/h4-6,8-10H,3,7,11H2,1-2H3,(H,19,24)(H,20,22). The fraction of sp³-hybridized carbons (Fsp3) is 0.294. The Hall–Kier alpha value is -2.96. The zero-order valence-corrected chi connectivity index (χ0v) is 13.8. The minimum absolute atomic E-state index is 0.155. The van der Waals surface area contributed by atoms with Crippen LogP contribution in [0.15, 0.2) is 36.8 Å². The van der Waals surface area contributed by atoms with Crippen molar-refractivity contribution < 1.29 is 4.79 Å². The van der Waals surface area contributed by atoms with Gasteiger partial charge in [-0.25, -0.2) is 9.50 Å². The lowest BCUT2D eigenvalue weighted by Gasteiger charge is -2.08. The summed E-state index contributed by atoms with van der Waals surface area (Å²) in [7, 11) is 0. The number of pyridine rings is 1. The number of aromatic nitrogens is 4. The summed E-state index contributed by atoms with van der Waals surface area (Å²) < 4.78 is 1.60. The number of aryl methyl sites for hydroxylation is 1. The number of hydrogen-bond donors (Lipinski definition) is 2. The van der Waals surface area contributed by atoms with Gasteiger partial charge in [0.25, 0.3) is 5.91 Å². The van der Waals surface area contributed by atoms with E-state index in [1.807, 2.05) is 32.0 Å². The van der Waals surface area contributed by atoms with Crippen molar-refractivity contribution in [3.05, 3.63) is 53.6 Å². The van der Waals surface area contributed by atoms with Crippen LogP contribution in [0.1, 0.15) is 35.0 Å². The summed E-state index contributed by atoms with van der Waals surface area (Å²) in [6.45, 7) is 5.23. The number of anilines is 1. The average Bonchev–Trinajstić information content (AvgIpc) is 3.02. The van der Waals surface area contributed by atoms with Crippen LogP contribution in [0.25, 0.3) is 5.65 Å². The maximum absolute atomic E-state index is 12.2. The molecule has 0 aliphatic carbocycles. The Morgan fingerprint density at radius 3 is 3.00 bits per heavy atom. The highest BCUT2D eigenvalue weighted by atomic mass is 16.1. The third kappa shape index (κ3) is 3.34. The van der Waals surface area contributed by atoms with Gasteiger partial charge < -0.3 is 10.6 Å². The normalized spacial score (nSPS) is 10.8. The van der Waals surface area contributed by atoms with E-state index in [1.165, 1.54) is 0 Å². The van der Waals surface area contributed by atoms with E-state index < -0.39 is 0 Å². The van der Waals surface area contributed by atoms with Crippen LogP contribution in [0.4, 0.5) is 5.82 Å². The van der Waals surface area contributed by atoms with E-state index in [1.54, 1.807) is 23.1 Å². The Labute approximate surface area is 140 Å². The number of fused-ring (bicyclic) bond motifs is 1. The molecule has 7 nitrogen and oxygen atoms in total. The van der Waals surface area contributed by atoms with Crippen molar-refractivity contribution in [3.8, 4) is 0 Å². The van der Waals surface area contributed by atoms with Crippen LogP contribution < -0.4 is 10.6 Å². The number of carbonyl (C=O) groups is 1. The number of carbonyl (C=O) groups excluding carboxylic acids is 1. The van der Waals surface area contributed by atoms with Gasteiger partial charge in [0.1, 0.15) is 11.4 Å². The maximum Gasteiger partial charge on any atom is 0.256 e. The molecule has 0 radical (unpaired) electrons. The Morgan fingerprint density at radius 2 is 2.21 bits per heavy atom. The van der Waals surface area contributed by atoms with Gasteiger partial charge in [-0.2, -0.15) is 5.10 Å². The molecule has 0 fully saturated rings.